The number of nitrogens with zero attached hydrogens (tertiary/aromatic N) is 2. The third kappa shape index (κ3) is 5.74. The van der Waals surface area contributed by atoms with Crippen molar-refractivity contribution in [3.05, 3.63) is 34.9 Å². The second-order valence-corrected chi connectivity index (χ2v) is 7.14. The summed E-state index contributed by atoms with van der Waals surface area (Å²) in [5.41, 5.74) is 1.12. The molecule has 0 saturated carbocycles. The van der Waals surface area contributed by atoms with E-state index < -0.39 is 0 Å². The van der Waals surface area contributed by atoms with Crippen molar-refractivity contribution in [1.29, 1.82) is 0 Å². The fourth-order valence-electron chi connectivity index (χ4n) is 3.34. The SMILES string of the molecule is CCC(CC)C(=O)N1CCCN(C(=O)CCc2ccc(Cl)cc2)CC1. The van der Waals surface area contributed by atoms with Crippen LogP contribution in [0.4, 0.5) is 0 Å². The largest absolute Gasteiger partial charge is 0.341 e. The molecule has 1 heterocycles. The summed E-state index contributed by atoms with van der Waals surface area (Å²) in [6.07, 6.45) is 3.86. The van der Waals surface area contributed by atoms with E-state index in [0.717, 1.165) is 44.3 Å². The van der Waals surface area contributed by atoms with E-state index in [0.29, 0.717) is 24.5 Å². The summed E-state index contributed by atoms with van der Waals surface area (Å²) >= 11 is 5.89. The van der Waals surface area contributed by atoms with Gasteiger partial charge < -0.3 is 9.80 Å². The van der Waals surface area contributed by atoms with E-state index >= 15 is 0 Å². The molecule has 0 spiro atoms. The molecule has 2 amide bonds. The Balaban J connectivity index is 1.84. The molecule has 0 N–H and O–H groups in total. The first-order chi connectivity index (χ1) is 12.0. The Labute approximate surface area is 156 Å². The van der Waals surface area contributed by atoms with Gasteiger partial charge in [-0.2, -0.15) is 0 Å². The molecule has 4 nitrogen and oxygen atoms in total. The van der Waals surface area contributed by atoms with E-state index in [1.54, 1.807) is 0 Å². The summed E-state index contributed by atoms with van der Waals surface area (Å²) in [5, 5.41) is 0.713. The average molecular weight is 365 g/mol. The number of rotatable bonds is 6. The number of carbonyl (C=O) groups excluding carboxylic acids is 2. The lowest BCUT2D eigenvalue weighted by Gasteiger charge is -2.25. The van der Waals surface area contributed by atoms with Gasteiger partial charge in [0.15, 0.2) is 0 Å². The van der Waals surface area contributed by atoms with Crippen LogP contribution >= 0.6 is 11.6 Å². The Hall–Kier alpha value is -1.55. The van der Waals surface area contributed by atoms with Crippen molar-refractivity contribution in [2.75, 3.05) is 26.2 Å². The first-order valence-corrected chi connectivity index (χ1v) is 9.74. The van der Waals surface area contributed by atoms with Gasteiger partial charge in [0.25, 0.3) is 0 Å². The van der Waals surface area contributed by atoms with Crippen molar-refractivity contribution in [3.8, 4) is 0 Å². The predicted molar refractivity (Wildman–Crippen MR) is 102 cm³/mol. The summed E-state index contributed by atoms with van der Waals surface area (Å²) in [4.78, 5) is 28.9. The average Bonchev–Trinajstić information content (AvgIpc) is 2.88. The van der Waals surface area contributed by atoms with Crippen LogP contribution in [0.1, 0.15) is 45.1 Å². The highest BCUT2D eigenvalue weighted by atomic mass is 35.5. The zero-order chi connectivity index (χ0) is 18.2. The van der Waals surface area contributed by atoms with Crippen molar-refractivity contribution < 1.29 is 9.59 Å². The number of amides is 2. The number of carbonyl (C=O) groups is 2. The standard InChI is InChI=1S/C20H29ClN2O2/c1-3-17(4-2)20(25)23-13-5-12-22(14-15-23)19(24)11-8-16-6-9-18(21)10-7-16/h6-7,9-10,17H,3-5,8,11-15H2,1-2H3. The smallest absolute Gasteiger partial charge is 0.225 e. The molecule has 0 bridgehead atoms. The highest BCUT2D eigenvalue weighted by molar-refractivity contribution is 6.30. The first-order valence-electron chi connectivity index (χ1n) is 9.36. The summed E-state index contributed by atoms with van der Waals surface area (Å²) in [5.74, 6) is 0.541. The molecule has 1 aliphatic heterocycles. The Morgan fingerprint density at radius 2 is 1.60 bits per heavy atom. The first kappa shape index (κ1) is 19.8. The number of benzene rings is 1. The third-order valence-electron chi connectivity index (χ3n) is 5.04. The minimum absolute atomic E-state index is 0.118. The molecule has 5 heteroatoms. The Morgan fingerprint density at radius 3 is 2.24 bits per heavy atom. The van der Waals surface area contributed by atoms with Crippen LogP contribution in [-0.2, 0) is 16.0 Å². The molecule has 138 valence electrons. The van der Waals surface area contributed by atoms with Crippen LogP contribution < -0.4 is 0 Å². The second-order valence-electron chi connectivity index (χ2n) is 6.70. The Morgan fingerprint density at radius 1 is 1.00 bits per heavy atom. The van der Waals surface area contributed by atoms with Crippen LogP contribution in [0, 0.1) is 5.92 Å². The van der Waals surface area contributed by atoms with E-state index in [-0.39, 0.29) is 17.7 Å². The molecule has 2 rings (SSSR count). The van der Waals surface area contributed by atoms with E-state index in [2.05, 4.69) is 13.8 Å². The van der Waals surface area contributed by atoms with Crippen molar-refractivity contribution in [2.45, 2.75) is 46.0 Å². The molecule has 1 aromatic rings. The molecule has 1 aromatic carbocycles. The zero-order valence-electron chi connectivity index (χ0n) is 15.3. The molecule has 1 saturated heterocycles. The lowest BCUT2D eigenvalue weighted by Crippen LogP contribution is -2.39. The minimum atomic E-state index is 0.118. The number of halogens is 1. The molecule has 0 atom stereocenters. The molecule has 25 heavy (non-hydrogen) atoms. The molecule has 1 fully saturated rings. The molecule has 0 aliphatic carbocycles. The van der Waals surface area contributed by atoms with Gasteiger partial charge in [0, 0.05) is 43.5 Å². The lowest BCUT2D eigenvalue weighted by molar-refractivity contribution is -0.136. The van der Waals surface area contributed by atoms with E-state index in [9.17, 15) is 9.59 Å². The van der Waals surface area contributed by atoms with Crippen molar-refractivity contribution in [2.24, 2.45) is 5.92 Å². The van der Waals surface area contributed by atoms with Crippen molar-refractivity contribution in [3.63, 3.8) is 0 Å². The van der Waals surface area contributed by atoms with Crippen LogP contribution in [-0.4, -0.2) is 47.8 Å². The van der Waals surface area contributed by atoms with E-state index in [1.807, 2.05) is 34.1 Å². The summed E-state index contributed by atoms with van der Waals surface area (Å²) in [7, 11) is 0. The highest BCUT2D eigenvalue weighted by Gasteiger charge is 2.25. The van der Waals surface area contributed by atoms with Gasteiger partial charge in [-0.15, -0.1) is 0 Å². The zero-order valence-corrected chi connectivity index (χ0v) is 16.1. The Bertz CT molecular complexity index is 570. The fraction of sp³-hybridized carbons (Fsp3) is 0.600. The van der Waals surface area contributed by atoms with Gasteiger partial charge in [-0.25, -0.2) is 0 Å². The maximum Gasteiger partial charge on any atom is 0.225 e. The maximum absolute atomic E-state index is 12.5. The number of hydrogen-bond donors (Lipinski definition) is 0. The van der Waals surface area contributed by atoms with Crippen LogP contribution in [0.25, 0.3) is 0 Å². The quantitative estimate of drug-likeness (QED) is 0.770. The number of aryl methyl sites for hydroxylation is 1. The van der Waals surface area contributed by atoms with Crippen LogP contribution in [0.15, 0.2) is 24.3 Å². The van der Waals surface area contributed by atoms with Gasteiger partial charge in [-0.05, 0) is 43.4 Å². The molecule has 0 radical (unpaired) electrons. The summed E-state index contributed by atoms with van der Waals surface area (Å²) < 4.78 is 0. The second kappa shape index (κ2) is 9.81. The maximum atomic E-state index is 12.5. The Kier molecular flexibility index (Phi) is 7.76. The van der Waals surface area contributed by atoms with Gasteiger partial charge >= 0.3 is 0 Å². The molecule has 0 unspecified atom stereocenters. The van der Waals surface area contributed by atoms with Gasteiger partial charge in [0.1, 0.15) is 0 Å². The van der Waals surface area contributed by atoms with Gasteiger partial charge in [0.05, 0.1) is 0 Å². The summed E-state index contributed by atoms with van der Waals surface area (Å²) in [6, 6.07) is 7.64. The van der Waals surface area contributed by atoms with Crippen molar-refractivity contribution >= 4 is 23.4 Å². The third-order valence-corrected chi connectivity index (χ3v) is 5.29. The number of hydrogen-bond acceptors (Lipinski definition) is 2. The van der Waals surface area contributed by atoms with E-state index in [1.165, 1.54) is 0 Å². The van der Waals surface area contributed by atoms with Crippen LogP contribution in [0.3, 0.4) is 0 Å². The monoisotopic (exact) mass is 364 g/mol. The van der Waals surface area contributed by atoms with Gasteiger partial charge in [0.2, 0.25) is 11.8 Å². The normalized spacial score (nSPS) is 15.4. The van der Waals surface area contributed by atoms with Gasteiger partial charge in [-0.1, -0.05) is 37.6 Å². The lowest BCUT2D eigenvalue weighted by atomic mass is 10.0. The predicted octanol–water partition coefficient (Wildman–Crippen LogP) is 3.77. The molecule has 0 aromatic heterocycles. The van der Waals surface area contributed by atoms with Crippen LogP contribution in [0.5, 0.6) is 0 Å². The molecule has 1 aliphatic rings. The molecular formula is C20H29ClN2O2. The van der Waals surface area contributed by atoms with Crippen LogP contribution in [0.2, 0.25) is 5.02 Å². The van der Waals surface area contributed by atoms with Gasteiger partial charge in [-0.3, -0.25) is 9.59 Å². The molecular weight excluding hydrogens is 336 g/mol. The highest BCUT2D eigenvalue weighted by Crippen LogP contribution is 2.15. The summed E-state index contributed by atoms with van der Waals surface area (Å²) in [6.45, 7) is 6.93. The van der Waals surface area contributed by atoms with Crippen molar-refractivity contribution in [1.82, 2.24) is 9.80 Å². The van der Waals surface area contributed by atoms with E-state index in [4.69, 9.17) is 11.6 Å². The fourth-order valence-corrected chi connectivity index (χ4v) is 3.47. The minimum Gasteiger partial charge on any atom is -0.341 e. The topological polar surface area (TPSA) is 40.6 Å².